The zero-order chi connectivity index (χ0) is 20.2. The summed E-state index contributed by atoms with van der Waals surface area (Å²) in [4.78, 5) is 4.25. The Bertz CT molecular complexity index is 1210. The van der Waals surface area contributed by atoms with Gasteiger partial charge in [-0.1, -0.05) is 18.2 Å². The van der Waals surface area contributed by atoms with Crippen LogP contribution in [0.25, 0.3) is 17.0 Å². The number of hydrogen-bond donors (Lipinski definition) is 0. The Labute approximate surface area is 162 Å². The molecule has 1 fully saturated rings. The molecule has 2 aromatic heterocycles. The molecular formula is C20H13F4N5. The van der Waals surface area contributed by atoms with Crippen LogP contribution < -0.4 is 0 Å². The minimum absolute atomic E-state index is 0.254. The van der Waals surface area contributed by atoms with Gasteiger partial charge in [-0.05, 0) is 48.7 Å². The van der Waals surface area contributed by atoms with E-state index in [0.29, 0.717) is 35.5 Å². The summed E-state index contributed by atoms with van der Waals surface area (Å²) >= 11 is 0. The Hall–Kier alpha value is -3.36. The number of aromatic nitrogens is 5. The highest BCUT2D eigenvalue weighted by atomic mass is 19.4. The molecule has 5 nitrogen and oxygen atoms in total. The first-order valence-corrected chi connectivity index (χ1v) is 8.89. The molecule has 0 atom stereocenters. The van der Waals surface area contributed by atoms with Gasteiger partial charge < -0.3 is 0 Å². The number of nitrogens with zero attached hydrogens (tertiary/aromatic N) is 5. The van der Waals surface area contributed by atoms with Gasteiger partial charge in [0.25, 0.3) is 5.78 Å². The van der Waals surface area contributed by atoms with Gasteiger partial charge >= 0.3 is 6.18 Å². The van der Waals surface area contributed by atoms with E-state index in [1.807, 2.05) is 0 Å². The summed E-state index contributed by atoms with van der Waals surface area (Å²) in [5.41, 5.74) is 0.281. The Kier molecular flexibility index (Phi) is 3.71. The van der Waals surface area contributed by atoms with Crippen molar-refractivity contribution >= 4 is 5.78 Å². The molecule has 146 valence electrons. The van der Waals surface area contributed by atoms with Crippen LogP contribution in [0, 0.1) is 5.82 Å². The van der Waals surface area contributed by atoms with Crippen LogP contribution in [0.1, 0.15) is 29.8 Å². The zero-order valence-corrected chi connectivity index (χ0v) is 14.9. The topological polar surface area (TPSA) is 56.0 Å². The van der Waals surface area contributed by atoms with Crippen molar-refractivity contribution in [3.05, 3.63) is 77.5 Å². The summed E-state index contributed by atoms with van der Waals surface area (Å²) in [6.45, 7) is 0. The lowest BCUT2D eigenvalue weighted by Gasteiger charge is -2.16. The largest absolute Gasteiger partial charge is 0.416 e. The second-order valence-electron chi connectivity index (χ2n) is 7.05. The highest BCUT2D eigenvalue weighted by molar-refractivity contribution is 5.58. The lowest BCUT2D eigenvalue weighted by Crippen LogP contribution is -2.16. The highest BCUT2D eigenvalue weighted by Crippen LogP contribution is 2.53. The molecule has 0 aliphatic heterocycles. The molecule has 0 unspecified atom stereocenters. The molecule has 0 radical (unpaired) electrons. The van der Waals surface area contributed by atoms with Gasteiger partial charge in [0, 0.05) is 5.56 Å². The van der Waals surface area contributed by atoms with Crippen molar-refractivity contribution in [2.45, 2.75) is 24.4 Å². The van der Waals surface area contributed by atoms with E-state index in [-0.39, 0.29) is 11.6 Å². The van der Waals surface area contributed by atoms with Crippen LogP contribution in [-0.2, 0) is 11.6 Å². The van der Waals surface area contributed by atoms with Crippen LogP contribution in [0.4, 0.5) is 17.6 Å². The highest BCUT2D eigenvalue weighted by Gasteiger charge is 2.51. The molecule has 2 heterocycles. The molecule has 0 saturated heterocycles. The molecule has 0 N–H and O–H groups in total. The first kappa shape index (κ1) is 17.7. The summed E-state index contributed by atoms with van der Waals surface area (Å²) < 4.78 is 54.1. The zero-order valence-electron chi connectivity index (χ0n) is 14.9. The fraction of sp³-hybridized carbons (Fsp3) is 0.200. The maximum Gasteiger partial charge on any atom is 0.416 e. The fourth-order valence-corrected chi connectivity index (χ4v) is 3.51. The number of halogens is 4. The first-order valence-electron chi connectivity index (χ1n) is 8.89. The Morgan fingerprint density at radius 2 is 1.72 bits per heavy atom. The van der Waals surface area contributed by atoms with E-state index in [9.17, 15) is 17.6 Å². The Morgan fingerprint density at radius 1 is 0.966 bits per heavy atom. The van der Waals surface area contributed by atoms with Crippen molar-refractivity contribution < 1.29 is 17.6 Å². The Balaban J connectivity index is 1.62. The molecule has 29 heavy (non-hydrogen) atoms. The molecule has 1 saturated carbocycles. The van der Waals surface area contributed by atoms with Gasteiger partial charge in [-0.3, -0.25) is 0 Å². The summed E-state index contributed by atoms with van der Waals surface area (Å²) in [5, 5.41) is 12.7. The summed E-state index contributed by atoms with van der Waals surface area (Å²) in [6, 6.07) is 11.1. The molecule has 5 rings (SSSR count). The normalized spacial score (nSPS) is 15.6. The Morgan fingerprint density at radius 3 is 2.41 bits per heavy atom. The SMILES string of the molecule is Fc1ccc(-c2cnc3nnc(C4(c5cccc(C(F)(F)F)c5)CC4)n3n2)cc1. The third kappa shape index (κ3) is 2.93. The molecule has 1 aliphatic rings. The van der Waals surface area contributed by atoms with Gasteiger partial charge in [0.15, 0.2) is 5.82 Å². The minimum Gasteiger partial charge on any atom is -0.216 e. The van der Waals surface area contributed by atoms with Crippen molar-refractivity contribution in [3.63, 3.8) is 0 Å². The van der Waals surface area contributed by atoms with E-state index in [1.165, 1.54) is 28.9 Å². The average Bonchev–Trinajstić information content (AvgIpc) is 3.41. The van der Waals surface area contributed by atoms with Crippen molar-refractivity contribution in [1.82, 2.24) is 24.8 Å². The number of fused-ring (bicyclic) bond motifs is 1. The van der Waals surface area contributed by atoms with Gasteiger partial charge in [-0.25, -0.2) is 9.37 Å². The lowest BCUT2D eigenvalue weighted by molar-refractivity contribution is -0.137. The first-order chi connectivity index (χ1) is 13.9. The van der Waals surface area contributed by atoms with Crippen molar-refractivity contribution in [1.29, 1.82) is 0 Å². The van der Waals surface area contributed by atoms with E-state index >= 15 is 0 Å². The van der Waals surface area contributed by atoms with Gasteiger partial charge in [-0.15, -0.1) is 10.2 Å². The van der Waals surface area contributed by atoms with Gasteiger partial charge in [-0.2, -0.15) is 22.8 Å². The molecular weight excluding hydrogens is 386 g/mol. The van der Waals surface area contributed by atoms with Crippen LogP contribution in [0.5, 0.6) is 0 Å². The van der Waals surface area contributed by atoms with E-state index in [2.05, 4.69) is 20.3 Å². The number of benzene rings is 2. The molecule has 2 aromatic carbocycles. The number of alkyl halides is 3. The van der Waals surface area contributed by atoms with Gasteiger partial charge in [0.05, 0.1) is 17.2 Å². The van der Waals surface area contributed by atoms with Crippen LogP contribution in [-0.4, -0.2) is 24.8 Å². The molecule has 9 heteroatoms. The summed E-state index contributed by atoms with van der Waals surface area (Å²) in [7, 11) is 0. The molecule has 1 aliphatic carbocycles. The predicted octanol–water partition coefficient (Wildman–Crippen LogP) is 4.42. The maximum absolute atomic E-state index is 13.2. The smallest absolute Gasteiger partial charge is 0.216 e. The van der Waals surface area contributed by atoms with E-state index in [4.69, 9.17) is 0 Å². The van der Waals surface area contributed by atoms with Crippen molar-refractivity contribution in [2.24, 2.45) is 0 Å². The lowest BCUT2D eigenvalue weighted by atomic mass is 9.93. The quantitative estimate of drug-likeness (QED) is 0.479. The summed E-state index contributed by atoms with van der Waals surface area (Å²) in [5.74, 6) is 0.335. The summed E-state index contributed by atoms with van der Waals surface area (Å²) in [6.07, 6.45) is -1.64. The average molecular weight is 399 g/mol. The van der Waals surface area contributed by atoms with Crippen molar-refractivity contribution in [3.8, 4) is 11.3 Å². The molecule has 0 amide bonds. The fourth-order valence-electron chi connectivity index (χ4n) is 3.51. The van der Waals surface area contributed by atoms with Crippen LogP contribution >= 0.6 is 0 Å². The van der Waals surface area contributed by atoms with Crippen LogP contribution in [0.15, 0.2) is 54.7 Å². The van der Waals surface area contributed by atoms with Crippen molar-refractivity contribution in [2.75, 3.05) is 0 Å². The second kappa shape index (κ2) is 6.07. The third-order valence-electron chi connectivity index (χ3n) is 5.19. The number of hydrogen-bond acceptors (Lipinski definition) is 4. The van der Waals surface area contributed by atoms with E-state index in [0.717, 1.165) is 12.1 Å². The standard InChI is InChI=1S/C20H13F4N5/c21-15-6-4-12(5-7-15)16-11-25-18-27-26-17(29(18)28-16)19(8-9-19)13-2-1-3-14(10-13)20(22,23)24/h1-7,10-11H,8-9H2. The van der Waals surface area contributed by atoms with E-state index < -0.39 is 17.2 Å². The van der Waals surface area contributed by atoms with Gasteiger partial charge in [0.2, 0.25) is 0 Å². The van der Waals surface area contributed by atoms with Crippen LogP contribution in [0.2, 0.25) is 0 Å². The second-order valence-corrected chi connectivity index (χ2v) is 7.05. The monoisotopic (exact) mass is 399 g/mol. The maximum atomic E-state index is 13.2. The molecule has 4 aromatic rings. The van der Waals surface area contributed by atoms with E-state index in [1.54, 1.807) is 18.2 Å². The minimum atomic E-state index is -4.42. The predicted molar refractivity (Wildman–Crippen MR) is 95.4 cm³/mol. The van der Waals surface area contributed by atoms with Gasteiger partial charge in [0.1, 0.15) is 11.5 Å². The van der Waals surface area contributed by atoms with Crippen LogP contribution in [0.3, 0.4) is 0 Å². The number of rotatable bonds is 3. The molecule has 0 spiro atoms. The molecule has 0 bridgehead atoms. The third-order valence-corrected chi connectivity index (χ3v) is 5.19.